The lowest BCUT2D eigenvalue weighted by molar-refractivity contribution is -0.140. The molecule has 0 aromatic heterocycles. The van der Waals surface area contributed by atoms with Gasteiger partial charge in [0.25, 0.3) is 5.91 Å². The SMILES string of the molecule is COc1cc2c(cc1OC)[C@H]1CCCC[C@H]1N=C2c1ccc(/C(C)=N\OCC(=O)N2CCOCC2)cc1. The molecule has 1 amide bonds. The van der Waals surface area contributed by atoms with E-state index in [9.17, 15) is 4.79 Å². The van der Waals surface area contributed by atoms with E-state index in [0.29, 0.717) is 43.7 Å². The van der Waals surface area contributed by atoms with Crippen molar-refractivity contribution in [3.05, 3.63) is 58.7 Å². The molecule has 2 aromatic carbocycles. The molecule has 2 aromatic rings. The van der Waals surface area contributed by atoms with Crippen molar-refractivity contribution in [2.75, 3.05) is 47.1 Å². The number of hydrogen-bond donors (Lipinski definition) is 0. The summed E-state index contributed by atoms with van der Waals surface area (Å²) < 4.78 is 16.5. The van der Waals surface area contributed by atoms with Gasteiger partial charge in [0.2, 0.25) is 0 Å². The second kappa shape index (κ2) is 11.3. The molecule has 2 aliphatic heterocycles. The Hall–Kier alpha value is -3.39. The molecule has 1 saturated heterocycles. The summed E-state index contributed by atoms with van der Waals surface area (Å²) in [5.41, 5.74) is 6.11. The van der Waals surface area contributed by atoms with Crippen LogP contribution in [0.4, 0.5) is 0 Å². The third-order valence-corrected chi connectivity index (χ3v) is 7.56. The minimum absolute atomic E-state index is 0.0720. The summed E-state index contributed by atoms with van der Waals surface area (Å²) in [6, 6.07) is 12.7. The first-order chi connectivity index (χ1) is 18.1. The van der Waals surface area contributed by atoms with Gasteiger partial charge < -0.3 is 23.9 Å². The molecular formula is C29H35N3O5. The van der Waals surface area contributed by atoms with E-state index in [1.54, 1.807) is 19.1 Å². The van der Waals surface area contributed by atoms with E-state index in [1.807, 2.05) is 19.1 Å². The molecular weight excluding hydrogens is 470 g/mol. The lowest BCUT2D eigenvalue weighted by Gasteiger charge is -2.35. The minimum atomic E-state index is -0.0726. The summed E-state index contributed by atoms with van der Waals surface area (Å²) in [4.78, 5) is 24.6. The Morgan fingerprint density at radius 2 is 1.76 bits per heavy atom. The first-order valence-corrected chi connectivity index (χ1v) is 13.1. The molecule has 8 nitrogen and oxygen atoms in total. The number of methoxy groups -OCH3 is 2. The number of benzene rings is 2. The van der Waals surface area contributed by atoms with Gasteiger partial charge in [-0.1, -0.05) is 42.3 Å². The molecule has 0 radical (unpaired) electrons. The van der Waals surface area contributed by atoms with Gasteiger partial charge in [-0.25, -0.2) is 0 Å². The molecule has 5 rings (SSSR count). The van der Waals surface area contributed by atoms with E-state index in [4.69, 9.17) is 24.0 Å². The van der Waals surface area contributed by atoms with E-state index in [0.717, 1.165) is 41.0 Å². The maximum atomic E-state index is 12.3. The Morgan fingerprint density at radius 1 is 1.05 bits per heavy atom. The number of aliphatic imine (C=N–C) groups is 1. The number of fused-ring (bicyclic) bond motifs is 3. The van der Waals surface area contributed by atoms with Gasteiger partial charge >= 0.3 is 0 Å². The molecule has 8 heteroatoms. The van der Waals surface area contributed by atoms with Crippen LogP contribution in [0.1, 0.15) is 60.8 Å². The van der Waals surface area contributed by atoms with Gasteiger partial charge in [-0.05, 0) is 43.0 Å². The zero-order valence-corrected chi connectivity index (χ0v) is 21.9. The molecule has 196 valence electrons. The molecule has 0 spiro atoms. The van der Waals surface area contributed by atoms with Crippen molar-refractivity contribution in [3.63, 3.8) is 0 Å². The van der Waals surface area contributed by atoms with Crippen LogP contribution in [0.3, 0.4) is 0 Å². The van der Waals surface area contributed by atoms with Gasteiger partial charge in [0.15, 0.2) is 18.1 Å². The highest BCUT2D eigenvalue weighted by atomic mass is 16.6. The molecule has 1 saturated carbocycles. The van der Waals surface area contributed by atoms with Gasteiger partial charge in [-0.3, -0.25) is 9.79 Å². The number of amides is 1. The molecule has 37 heavy (non-hydrogen) atoms. The fourth-order valence-electron chi connectivity index (χ4n) is 5.51. The van der Waals surface area contributed by atoms with Crippen LogP contribution in [-0.2, 0) is 14.4 Å². The molecule has 2 fully saturated rings. The van der Waals surface area contributed by atoms with Crippen molar-refractivity contribution in [3.8, 4) is 11.5 Å². The molecule has 2 atom stereocenters. The lowest BCUT2D eigenvalue weighted by Crippen LogP contribution is -2.42. The average molecular weight is 506 g/mol. The highest BCUT2D eigenvalue weighted by Gasteiger charge is 2.34. The number of carbonyl (C=O) groups excluding carboxylic acids is 1. The van der Waals surface area contributed by atoms with Crippen LogP contribution in [0.15, 0.2) is 46.5 Å². The Bertz CT molecular complexity index is 1180. The molecule has 0 N–H and O–H groups in total. The molecule has 3 aliphatic rings. The first-order valence-electron chi connectivity index (χ1n) is 13.1. The zero-order valence-electron chi connectivity index (χ0n) is 21.9. The number of nitrogens with zero attached hydrogens (tertiary/aromatic N) is 3. The molecule has 0 unspecified atom stereocenters. The van der Waals surface area contributed by atoms with Gasteiger partial charge in [0.05, 0.1) is 44.9 Å². The van der Waals surface area contributed by atoms with Crippen LogP contribution in [0, 0.1) is 0 Å². The van der Waals surface area contributed by atoms with Crippen LogP contribution in [0.5, 0.6) is 11.5 Å². The highest BCUT2D eigenvalue weighted by Crippen LogP contribution is 2.44. The lowest BCUT2D eigenvalue weighted by atomic mass is 9.75. The monoisotopic (exact) mass is 505 g/mol. The Morgan fingerprint density at radius 3 is 2.49 bits per heavy atom. The normalized spacial score (nSPS) is 21.4. The van der Waals surface area contributed by atoms with Crippen molar-refractivity contribution in [2.24, 2.45) is 10.1 Å². The largest absolute Gasteiger partial charge is 0.493 e. The minimum Gasteiger partial charge on any atom is -0.493 e. The Labute approximate surface area is 218 Å². The number of rotatable bonds is 7. The first kappa shape index (κ1) is 25.3. The average Bonchev–Trinajstić information content (AvgIpc) is 2.96. The van der Waals surface area contributed by atoms with Crippen LogP contribution in [0.2, 0.25) is 0 Å². The third-order valence-electron chi connectivity index (χ3n) is 7.56. The molecule has 2 heterocycles. The van der Waals surface area contributed by atoms with Crippen molar-refractivity contribution < 1.29 is 23.8 Å². The van der Waals surface area contributed by atoms with E-state index in [2.05, 4.69) is 29.4 Å². The summed E-state index contributed by atoms with van der Waals surface area (Å²) >= 11 is 0. The van der Waals surface area contributed by atoms with Gasteiger partial charge in [-0.2, -0.15) is 0 Å². The maximum absolute atomic E-state index is 12.3. The number of morpholine rings is 1. The predicted molar refractivity (Wildman–Crippen MR) is 142 cm³/mol. The quantitative estimate of drug-likeness (QED) is 0.417. The van der Waals surface area contributed by atoms with Crippen LogP contribution >= 0.6 is 0 Å². The molecule has 1 aliphatic carbocycles. The number of ether oxygens (including phenoxy) is 3. The van der Waals surface area contributed by atoms with E-state index in [-0.39, 0.29) is 18.6 Å². The second-order valence-electron chi connectivity index (χ2n) is 9.75. The van der Waals surface area contributed by atoms with Crippen molar-refractivity contribution in [2.45, 2.75) is 44.6 Å². The van der Waals surface area contributed by atoms with Crippen LogP contribution < -0.4 is 9.47 Å². The summed E-state index contributed by atoms with van der Waals surface area (Å²) in [5, 5.41) is 4.18. The van der Waals surface area contributed by atoms with Gasteiger partial charge in [-0.15, -0.1) is 0 Å². The van der Waals surface area contributed by atoms with Crippen LogP contribution in [-0.4, -0.2) is 75.4 Å². The Balaban J connectivity index is 1.35. The third kappa shape index (κ3) is 5.34. The smallest absolute Gasteiger partial charge is 0.263 e. The highest BCUT2D eigenvalue weighted by molar-refractivity contribution is 6.15. The fraction of sp³-hybridized carbons (Fsp3) is 0.483. The van der Waals surface area contributed by atoms with Crippen LogP contribution in [0.25, 0.3) is 0 Å². The van der Waals surface area contributed by atoms with Crippen molar-refractivity contribution in [1.82, 2.24) is 4.90 Å². The summed E-state index contributed by atoms with van der Waals surface area (Å²) in [5.74, 6) is 1.82. The fourth-order valence-corrected chi connectivity index (χ4v) is 5.51. The van der Waals surface area contributed by atoms with Gasteiger partial charge in [0, 0.05) is 30.1 Å². The molecule has 0 bridgehead atoms. The summed E-state index contributed by atoms with van der Waals surface area (Å²) in [6.07, 6.45) is 4.69. The Kier molecular flexibility index (Phi) is 7.74. The van der Waals surface area contributed by atoms with Crippen molar-refractivity contribution >= 4 is 17.3 Å². The van der Waals surface area contributed by atoms with Crippen molar-refractivity contribution in [1.29, 1.82) is 0 Å². The standard InChI is InChI=1S/C29H35N3O5/c1-19(31-37-18-28(33)32-12-14-36-15-13-32)20-8-10-21(11-9-20)29-24-17-27(35-3)26(34-2)16-23(24)22-6-4-5-7-25(22)30-29/h8-11,16-17,22,25H,4-7,12-15,18H2,1-3H3/b31-19-/t22-,25-/m1/s1. The second-order valence-corrected chi connectivity index (χ2v) is 9.75. The van der Waals surface area contributed by atoms with Gasteiger partial charge in [0.1, 0.15) is 0 Å². The number of oxime groups is 1. The summed E-state index contributed by atoms with van der Waals surface area (Å²) in [7, 11) is 3.35. The van der Waals surface area contributed by atoms with E-state index < -0.39 is 0 Å². The van der Waals surface area contributed by atoms with E-state index in [1.165, 1.54) is 18.4 Å². The zero-order chi connectivity index (χ0) is 25.8. The summed E-state index contributed by atoms with van der Waals surface area (Å²) in [6.45, 7) is 4.14. The number of carbonyl (C=O) groups is 1. The maximum Gasteiger partial charge on any atom is 0.263 e. The predicted octanol–water partition coefficient (Wildman–Crippen LogP) is 4.18. The van der Waals surface area contributed by atoms with E-state index >= 15 is 0 Å². The number of hydrogen-bond acceptors (Lipinski definition) is 7. The topological polar surface area (TPSA) is 81.9 Å².